The Hall–Kier alpha value is -1.67. The highest BCUT2D eigenvalue weighted by atomic mass is 32.2. The summed E-state index contributed by atoms with van der Waals surface area (Å²) in [6.07, 6.45) is 1.86. The molecule has 0 spiro atoms. The second-order valence-corrected chi connectivity index (χ2v) is 6.77. The first kappa shape index (κ1) is 15.7. The summed E-state index contributed by atoms with van der Waals surface area (Å²) in [4.78, 5) is 13.2. The molecule has 8 heteroatoms. The molecule has 0 aromatic heterocycles. The maximum atomic E-state index is 13.6. The fourth-order valence-electron chi connectivity index (χ4n) is 2.27. The van der Waals surface area contributed by atoms with Crippen molar-refractivity contribution in [1.29, 1.82) is 0 Å². The quantitative estimate of drug-likeness (QED) is 0.797. The molecule has 21 heavy (non-hydrogen) atoms. The summed E-state index contributed by atoms with van der Waals surface area (Å²) in [6.45, 7) is 2.31. The Bertz CT molecular complexity index is 655. The first-order valence-corrected chi connectivity index (χ1v) is 8.12. The number of nitrogens with one attached hydrogen (secondary N) is 1. The Kier molecular flexibility index (Phi) is 4.48. The smallest absolute Gasteiger partial charge is 0.241 e. The Balaban J connectivity index is 2.13. The van der Waals surface area contributed by atoms with Crippen molar-refractivity contribution in [2.24, 2.45) is 0 Å². The van der Waals surface area contributed by atoms with Crippen LogP contribution in [0, 0.1) is 12.7 Å². The molecule has 1 amide bonds. The van der Waals surface area contributed by atoms with Gasteiger partial charge >= 0.3 is 0 Å². The van der Waals surface area contributed by atoms with Gasteiger partial charge in [0.15, 0.2) is 0 Å². The van der Waals surface area contributed by atoms with Gasteiger partial charge in [-0.05, 0) is 31.9 Å². The van der Waals surface area contributed by atoms with Crippen LogP contribution < -0.4 is 10.5 Å². The summed E-state index contributed by atoms with van der Waals surface area (Å²) in [5, 5.41) is 0. The molecule has 1 heterocycles. The van der Waals surface area contributed by atoms with E-state index >= 15 is 0 Å². The third-order valence-corrected chi connectivity index (χ3v) is 5.01. The number of sulfonamides is 1. The number of rotatable bonds is 4. The van der Waals surface area contributed by atoms with Gasteiger partial charge in [-0.3, -0.25) is 4.79 Å². The summed E-state index contributed by atoms with van der Waals surface area (Å²) >= 11 is 0. The average molecular weight is 315 g/mol. The zero-order valence-electron chi connectivity index (χ0n) is 11.7. The van der Waals surface area contributed by atoms with Crippen LogP contribution in [0.25, 0.3) is 0 Å². The van der Waals surface area contributed by atoms with Gasteiger partial charge in [-0.25, -0.2) is 17.5 Å². The number of hydrogen-bond acceptors (Lipinski definition) is 4. The van der Waals surface area contributed by atoms with E-state index in [1.54, 1.807) is 4.90 Å². The van der Waals surface area contributed by atoms with Crippen molar-refractivity contribution in [3.8, 4) is 0 Å². The van der Waals surface area contributed by atoms with Crippen molar-refractivity contribution in [3.05, 3.63) is 23.5 Å². The third kappa shape index (κ3) is 3.51. The molecule has 1 saturated heterocycles. The van der Waals surface area contributed by atoms with Gasteiger partial charge in [0.25, 0.3) is 0 Å². The Labute approximate surface area is 123 Å². The predicted octanol–water partition coefficient (Wildman–Crippen LogP) is 0.617. The second-order valence-electron chi connectivity index (χ2n) is 5.04. The molecule has 6 nitrogen and oxygen atoms in total. The molecule has 0 atom stereocenters. The number of likely N-dealkylation sites (tertiary alicyclic amines) is 1. The summed E-state index contributed by atoms with van der Waals surface area (Å²) in [7, 11) is -3.98. The summed E-state index contributed by atoms with van der Waals surface area (Å²) in [5.41, 5.74) is 5.47. The Morgan fingerprint density at radius 3 is 2.62 bits per heavy atom. The molecule has 1 aromatic carbocycles. The number of hydrogen-bond donors (Lipinski definition) is 2. The number of benzene rings is 1. The number of amides is 1. The zero-order valence-corrected chi connectivity index (χ0v) is 12.5. The van der Waals surface area contributed by atoms with E-state index < -0.39 is 15.8 Å². The minimum atomic E-state index is -3.98. The molecule has 0 radical (unpaired) electrons. The predicted molar refractivity (Wildman–Crippen MR) is 76.6 cm³/mol. The first-order valence-electron chi connectivity index (χ1n) is 6.64. The van der Waals surface area contributed by atoms with Crippen LogP contribution in [-0.4, -0.2) is 38.9 Å². The molecule has 2 rings (SSSR count). The van der Waals surface area contributed by atoms with Crippen molar-refractivity contribution in [1.82, 2.24) is 9.62 Å². The molecule has 0 unspecified atom stereocenters. The monoisotopic (exact) mass is 315 g/mol. The van der Waals surface area contributed by atoms with Crippen LogP contribution >= 0.6 is 0 Å². The van der Waals surface area contributed by atoms with Gasteiger partial charge in [0.1, 0.15) is 5.82 Å². The summed E-state index contributed by atoms with van der Waals surface area (Å²) in [6, 6.07) is 2.24. The average Bonchev–Trinajstić information content (AvgIpc) is 2.94. The first-order chi connectivity index (χ1) is 9.81. The molecule has 1 aliphatic rings. The Morgan fingerprint density at radius 1 is 1.38 bits per heavy atom. The van der Waals surface area contributed by atoms with E-state index in [1.807, 2.05) is 0 Å². The molecule has 3 N–H and O–H groups in total. The molecule has 1 fully saturated rings. The summed E-state index contributed by atoms with van der Waals surface area (Å²) in [5.74, 6) is -0.973. The van der Waals surface area contributed by atoms with Crippen molar-refractivity contribution in [2.75, 3.05) is 25.4 Å². The minimum absolute atomic E-state index is 0.0179. The lowest BCUT2D eigenvalue weighted by Gasteiger charge is -2.16. The third-order valence-electron chi connectivity index (χ3n) is 3.48. The van der Waals surface area contributed by atoms with Crippen molar-refractivity contribution in [2.45, 2.75) is 24.7 Å². The van der Waals surface area contributed by atoms with Gasteiger partial charge in [0.05, 0.1) is 11.4 Å². The van der Waals surface area contributed by atoms with E-state index in [9.17, 15) is 17.6 Å². The van der Waals surface area contributed by atoms with E-state index in [1.165, 1.54) is 13.0 Å². The largest absolute Gasteiger partial charge is 0.399 e. The van der Waals surface area contributed by atoms with Crippen molar-refractivity contribution < 1.29 is 17.6 Å². The van der Waals surface area contributed by atoms with E-state index in [-0.39, 0.29) is 28.6 Å². The number of halogens is 1. The standard InChI is InChI=1S/C13H18FN3O3S/c1-9-11(14)6-10(15)7-12(9)21(19,20)16-8-13(18)17-4-2-3-5-17/h6-7,16H,2-5,8,15H2,1H3. The fraction of sp³-hybridized carbons (Fsp3) is 0.462. The van der Waals surface area contributed by atoms with Gasteiger partial charge in [0.2, 0.25) is 15.9 Å². The van der Waals surface area contributed by atoms with Crippen LogP contribution in [0.3, 0.4) is 0 Å². The van der Waals surface area contributed by atoms with Crippen LogP contribution in [0.15, 0.2) is 17.0 Å². The van der Waals surface area contributed by atoms with E-state index in [0.717, 1.165) is 18.9 Å². The van der Waals surface area contributed by atoms with Gasteiger partial charge in [-0.1, -0.05) is 0 Å². The number of carbonyl (C=O) groups is 1. The van der Waals surface area contributed by atoms with Crippen LogP contribution in [0.5, 0.6) is 0 Å². The number of anilines is 1. The van der Waals surface area contributed by atoms with E-state index in [4.69, 9.17) is 5.73 Å². The van der Waals surface area contributed by atoms with Crippen molar-refractivity contribution in [3.63, 3.8) is 0 Å². The fourth-order valence-corrected chi connectivity index (χ4v) is 3.53. The number of carbonyl (C=O) groups excluding carboxylic acids is 1. The molecule has 1 aromatic rings. The maximum absolute atomic E-state index is 13.6. The lowest BCUT2D eigenvalue weighted by Crippen LogP contribution is -2.38. The minimum Gasteiger partial charge on any atom is -0.399 e. The van der Waals surface area contributed by atoms with E-state index in [2.05, 4.69) is 4.72 Å². The molecule has 1 aliphatic heterocycles. The van der Waals surface area contributed by atoms with Gasteiger partial charge < -0.3 is 10.6 Å². The van der Waals surface area contributed by atoms with Crippen molar-refractivity contribution >= 4 is 21.6 Å². The van der Waals surface area contributed by atoms with E-state index in [0.29, 0.717) is 13.1 Å². The molecular formula is C13H18FN3O3S. The normalized spacial score (nSPS) is 15.4. The number of nitrogen functional groups attached to an aromatic ring is 1. The highest BCUT2D eigenvalue weighted by Crippen LogP contribution is 2.21. The highest BCUT2D eigenvalue weighted by molar-refractivity contribution is 7.89. The lowest BCUT2D eigenvalue weighted by molar-refractivity contribution is -0.128. The SMILES string of the molecule is Cc1c(F)cc(N)cc1S(=O)(=O)NCC(=O)N1CCCC1. The maximum Gasteiger partial charge on any atom is 0.241 e. The summed E-state index contributed by atoms with van der Waals surface area (Å²) < 4.78 is 40.1. The molecule has 0 saturated carbocycles. The highest BCUT2D eigenvalue weighted by Gasteiger charge is 2.23. The van der Waals surface area contributed by atoms with Crippen LogP contribution in [0.2, 0.25) is 0 Å². The molecule has 0 bridgehead atoms. The number of nitrogens with zero attached hydrogens (tertiary/aromatic N) is 1. The van der Waals surface area contributed by atoms with Crippen LogP contribution in [0.1, 0.15) is 18.4 Å². The topological polar surface area (TPSA) is 92.5 Å². The Morgan fingerprint density at radius 2 is 2.00 bits per heavy atom. The van der Waals surface area contributed by atoms with Crippen LogP contribution in [0.4, 0.5) is 10.1 Å². The van der Waals surface area contributed by atoms with Gasteiger partial charge in [-0.2, -0.15) is 0 Å². The number of nitrogens with two attached hydrogens (primary N) is 1. The van der Waals surface area contributed by atoms with Crippen LogP contribution in [-0.2, 0) is 14.8 Å². The second kappa shape index (κ2) is 5.98. The molecule has 116 valence electrons. The van der Waals surface area contributed by atoms with Gasteiger partial charge in [-0.15, -0.1) is 0 Å². The molecule has 0 aliphatic carbocycles. The van der Waals surface area contributed by atoms with Gasteiger partial charge in [0, 0.05) is 24.3 Å². The molecular weight excluding hydrogens is 297 g/mol. The zero-order chi connectivity index (χ0) is 15.6. The lowest BCUT2D eigenvalue weighted by atomic mass is 10.2.